The number of hydrogen-bond acceptors (Lipinski definition) is 4. The molecule has 46 valence electrons. The van der Waals surface area contributed by atoms with Gasteiger partial charge in [-0.05, 0) is 6.92 Å². The molecule has 0 aliphatic heterocycles. The molecule has 0 heterocycles. The van der Waals surface area contributed by atoms with Crippen molar-refractivity contribution in [3.63, 3.8) is 0 Å². The van der Waals surface area contributed by atoms with E-state index in [4.69, 9.17) is 0 Å². The first-order valence-electron chi connectivity index (χ1n) is 2.01. The molecule has 0 aliphatic carbocycles. The lowest BCUT2D eigenvalue weighted by Gasteiger charge is -1.74. The second kappa shape index (κ2) is 4.68. The molecule has 0 radical (unpaired) electrons. The summed E-state index contributed by atoms with van der Waals surface area (Å²) in [5.74, 6) is 0. The highest BCUT2D eigenvalue weighted by Crippen LogP contribution is 2.20. The van der Waals surface area contributed by atoms with Crippen LogP contribution in [0.25, 0.3) is 0 Å². The third kappa shape index (κ3) is 3.71. The maximum absolute atomic E-state index is 10.1. The Hall–Kier alpha value is -0.470. The zero-order valence-corrected chi connectivity index (χ0v) is 5.26. The fourth-order valence-electron chi connectivity index (χ4n) is 0.171. The summed E-state index contributed by atoms with van der Waals surface area (Å²) in [6.45, 7) is 2.03. The summed E-state index contributed by atoms with van der Waals surface area (Å²) >= 11 is 0. The van der Waals surface area contributed by atoms with Crippen molar-refractivity contribution in [3.05, 3.63) is 0 Å². The Labute approximate surface area is 47.7 Å². The zero-order valence-electron chi connectivity index (χ0n) is 4.36. The average Bonchev–Trinajstić information content (AvgIpc) is 1.68. The van der Waals surface area contributed by atoms with Crippen LogP contribution in [-0.2, 0) is 18.4 Å². The molecule has 0 saturated carbocycles. The van der Waals surface area contributed by atoms with Crippen LogP contribution >= 0.6 is 8.25 Å². The van der Waals surface area contributed by atoms with Gasteiger partial charge in [0, 0.05) is 4.57 Å². The molecule has 0 saturated heterocycles. The Morgan fingerprint density at radius 3 is 2.75 bits per heavy atom. The molecule has 0 N–H and O–H groups in total. The van der Waals surface area contributed by atoms with E-state index in [0.717, 1.165) is 0 Å². The molecule has 0 fully saturated rings. The van der Waals surface area contributed by atoms with Crippen molar-refractivity contribution >= 4 is 14.7 Å². The van der Waals surface area contributed by atoms with E-state index in [1.54, 1.807) is 6.92 Å². The van der Waals surface area contributed by atoms with Crippen LogP contribution in [0.5, 0.6) is 0 Å². The third-order valence-electron chi connectivity index (χ3n) is 0.364. The number of carbonyl (C=O) groups excluding carboxylic acids is 1. The summed E-state index contributed by atoms with van der Waals surface area (Å²) in [6.07, 6.45) is 0. The van der Waals surface area contributed by atoms with Crippen molar-refractivity contribution in [3.8, 4) is 0 Å². The van der Waals surface area contributed by atoms with Crippen LogP contribution in [0.4, 0.5) is 0 Å². The summed E-state index contributed by atoms with van der Waals surface area (Å²) in [7, 11) is -2.20. The number of rotatable bonds is 4. The van der Waals surface area contributed by atoms with E-state index in [1.165, 1.54) is 0 Å². The highest BCUT2D eigenvalue weighted by Gasteiger charge is 2.17. The topological polar surface area (TPSA) is 52.6 Å². The van der Waals surface area contributed by atoms with Crippen molar-refractivity contribution in [1.82, 2.24) is 0 Å². The predicted octanol–water partition coefficient (Wildman–Crippen LogP) is 0.853. The molecule has 1 atom stereocenters. The monoisotopic (exact) mass is 137 g/mol. The standard InChI is InChI=1S/C3H6O4P/c1-2-6-8(5)7-3-4/h3H,2H2,1H3/q+1. The predicted molar refractivity (Wildman–Crippen MR) is 26.4 cm³/mol. The van der Waals surface area contributed by atoms with Crippen LogP contribution in [0.3, 0.4) is 0 Å². The molecule has 0 aromatic rings. The van der Waals surface area contributed by atoms with E-state index >= 15 is 0 Å². The minimum Gasteiger partial charge on any atom is -0.250 e. The lowest BCUT2D eigenvalue weighted by atomic mass is 10.9. The van der Waals surface area contributed by atoms with E-state index in [0.29, 0.717) is 0 Å². The SMILES string of the molecule is CCO[P+](=O)OC=O. The first-order valence-corrected chi connectivity index (χ1v) is 3.11. The quantitative estimate of drug-likeness (QED) is 0.425. The molecule has 5 heteroatoms. The summed E-state index contributed by atoms with van der Waals surface area (Å²) < 4.78 is 18.3. The highest BCUT2D eigenvalue weighted by molar-refractivity contribution is 7.33. The van der Waals surface area contributed by atoms with Crippen molar-refractivity contribution in [1.29, 1.82) is 0 Å². The van der Waals surface area contributed by atoms with E-state index in [2.05, 4.69) is 9.05 Å². The molecule has 4 nitrogen and oxygen atoms in total. The lowest BCUT2D eigenvalue weighted by molar-refractivity contribution is -0.120. The maximum atomic E-state index is 10.1. The molecular formula is C3H6O4P+. The van der Waals surface area contributed by atoms with Gasteiger partial charge in [-0.25, -0.2) is 0 Å². The number of carbonyl (C=O) groups is 1. The normalized spacial score (nSPS) is 10.4. The first kappa shape index (κ1) is 7.53. The first-order chi connectivity index (χ1) is 3.81. The molecular weight excluding hydrogens is 131 g/mol. The second-order valence-electron chi connectivity index (χ2n) is 0.843. The van der Waals surface area contributed by atoms with Crippen LogP contribution in [0, 0.1) is 0 Å². The van der Waals surface area contributed by atoms with Gasteiger partial charge >= 0.3 is 14.7 Å². The van der Waals surface area contributed by atoms with Crippen molar-refractivity contribution in [2.75, 3.05) is 6.61 Å². The van der Waals surface area contributed by atoms with Crippen LogP contribution in [0.15, 0.2) is 0 Å². The van der Waals surface area contributed by atoms with Gasteiger partial charge in [-0.3, -0.25) is 4.79 Å². The van der Waals surface area contributed by atoms with E-state index in [9.17, 15) is 9.36 Å². The van der Waals surface area contributed by atoms with Gasteiger partial charge in [0.15, 0.2) is 0 Å². The fourth-order valence-corrected chi connectivity index (χ4v) is 0.513. The Morgan fingerprint density at radius 1 is 1.75 bits per heavy atom. The summed E-state index contributed by atoms with van der Waals surface area (Å²) in [4.78, 5) is 9.40. The number of hydrogen-bond donors (Lipinski definition) is 0. The minimum absolute atomic E-state index is 0.0916. The van der Waals surface area contributed by atoms with Gasteiger partial charge in [0.25, 0.3) is 0 Å². The summed E-state index contributed by atoms with van der Waals surface area (Å²) in [5, 5.41) is 0. The van der Waals surface area contributed by atoms with Gasteiger partial charge < -0.3 is 0 Å². The molecule has 0 aliphatic rings. The molecule has 0 spiro atoms. The average molecular weight is 137 g/mol. The second-order valence-corrected chi connectivity index (χ2v) is 1.76. The molecule has 1 unspecified atom stereocenters. The van der Waals surface area contributed by atoms with Crippen molar-refractivity contribution < 1.29 is 18.4 Å². The maximum Gasteiger partial charge on any atom is 0.752 e. The Morgan fingerprint density at radius 2 is 2.38 bits per heavy atom. The van der Waals surface area contributed by atoms with Crippen LogP contribution < -0.4 is 0 Å². The van der Waals surface area contributed by atoms with E-state index < -0.39 is 8.25 Å². The van der Waals surface area contributed by atoms with Crippen molar-refractivity contribution in [2.24, 2.45) is 0 Å². The molecule has 0 amide bonds. The van der Waals surface area contributed by atoms with Crippen LogP contribution in [0.2, 0.25) is 0 Å². The van der Waals surface area contributed by atoms with E-state index in [-0.39, 0.29) is 13.1 Å². The molecule has 0 rings (SSSR count). The third-order valence-corrected chi connectivity index (χ3v) is 1.09. The van der Waals surface area contributed by atoms with Gasteiger partial charge in [-0.15, -0.1) is 4.52 Å². The Bertz CT molecular complexity index is 91.3. The Kier molecular flexibility index (Phi) is 4.41. The largest absolute Gasteiger partial charge is 0.752 e. The molecule has 0 aromatic heterocycles. The smallest absolute Gasteiger partial charge is 0.250 e. The molecule has 0 aromatic carbocycles. The zero-order chi connectivity index (χ0) is 6.41. The van der Waals surface area contributed by atoms with Gasteiger partial charge in [0.1, 0.15) is 6.61 Å². The van der Waals surface area contributed by atoms with Crippen LogP contribution in [0.1, 0.15) is 6.92 Å². The summed E-state index contributed by atoms with van der Waals surface area (Å²) in [5.41, 5.74) is 0. The van der Waals surface area contributed by atoms with Crippen molar-refractivity contribution in [2.45, 2.75) is 6.92 Å². The minimum atomic E-state index is -2.20. The van der Waals surface area contributed by atoms with E-state index in [1.807, 2.05) is 0 Å². The molecule has 8 heavy (non-hydrogen) atoms. The van der Waals surface area contributed by atoms with Gasteiger partial charge in [-0.2, -0.15) is 4.52 Å². The van der Waals surface area contributed by atoms with Gasteiger partial charge in [0.2, 0.25) is 0 Å². The van der Waals surface area contributed by atoms with Gasteiger partial charge in [0.05, 0.1) is 0 Å². The molecule has 0 bridgehead atoms. The lowest BCUT2D eigenvalue weighted by Crippen LogP contribution is -1.79. The summed E-state index contributed by atoms with van der Waals surface area (Å²) in [6, 6.07) is 0. The highest BCUT2D eigenvalue weighted by atomic mass is 31.1. The van der Waals surface area contributed by atoms with Crippen LogP contribution in [-0.4, -0.2) is 13.1 Å². The Balaban J connectivity index is 3.18. The fraction of sp³-hybridized carbons (Fsp3) is 0.667. The van der Waals surface area contributed by atoms with Gasteiger partial charge in [-0.1, -0.05) is 0 Å².